The summed E-state index contributed by atoms with van der Waals surface area (Å²) in [4.78, 5) is 0. The number of fused-ring (bicyclic) bond motifs is 3. The van der Waals surface area contributed by atoms with Gasteiger partial charge in [0.25, 0.3) is 0 Å². The van der Waals surface area contributed by atoms with E-state index in [4.69, 9.17) is 27.6 Å². The predicted molar refractivity (Wildman–Crippen MR) is 108 cm³/mol. The average molecular weight is 369 g/mol. The molecule has 0 atom stereocenters. The highest BCUT2D eigenvalue weighted by Gasteiger charge is 2.22. The summed E-state index contributed by atoms with van der Waals surface area (Å²) in [6, 6.07) is 18.1. The molecule has 25 heavy (non-hydrogen) atoms. The SMILES string of the molecule is CC(C)(C)c1cc(-c2cc(Cl)cc(Cl)c2)cc2c1oc1ccccc12. The molecule has 0 fully saturated rings. The lowest BCUT2D eigenvalue weighted by Crippen LogP contribution is -2.11. The minimum absolute atomic E-state index is 0.0511. The largest absolute Gasteiger partial charge is 0.456 e. The van der Waals surface area contributed by atoms with Gasteiger partial charge in [0.05, 0.1) is 0 Å². The monoisotopic (exact) mass is 368 g/mol. The van der Waals surface area contributed by atoms with Crippen molar-refractivity contribution in [3.63, 3.8) is 0 Å². The number of halogens is 2. The Morgan fingerprint density at radius 1 is 0.760 bits per heavy atom. The Morgan fingerprint density at radius 2 is 1.40 bits per heavy atom. The van der Waals surface area contributed by atoms with Gasteiger partial charge in [-0.25, -0.2) is 0 Å². The molecule has 0 aliphatic rings. The van der Waals surface area contributed by atoms with E-state index in [2.05, 4.69) is 39.0 Å². The first kappa shape index (κ1) is 16.5. The van der Waals surface area contributed by atoms with Crippen LogP contribution in [0.5, 0.6) is 0 Å². The van der Waals surface area contributed by atoms with Gasteiger partial charge in [-0.1, -0.05) is 62.2 Å². The molecule has 0 bridgehead atoms. The van der Waals surface area contributed by atoms with Gasteiger partial charge in [-0.2, -0.15) is 0 Å². The molecule has 0 saturated carbocycles. The van der Waals surface area contributed by atoms with Crippen LogP contribution in [0.25, 0.3) is 33.1 Å². The highest BCUT2D eigenvalue weighted by atomic mass is 35.5. The van der Waals surface area contributed by atoms with Crippen molar-refractivity contribution in [2.24, 2.45) is 0 Å². The fraction of sp³-hybridized carbons (Fsp3) is 0.182. The van der Waals surface area contributed by atoms with E-state index in [1.165, 1.54) is 5.56 Å². The molecule has 4 rings (SSSR count). The number of rotatable bonds is 1. The normalized spacial score (nSPS) is 12.2. The first-order chi connectivity index (χ1) is 11.8. The number of hydrogen-bond acceptors (Lipinski definition) is 1. The first-order valence-corrected chi connectivity index (χ1v) is 9.01. The third kappa shape index (κ3) is 2.92. The molecular weight excluding hydrogens is 351 g/mol. The quantitative estimate of drug-likeness (QED) is 0.333. The van der Waals surface area contributed by atoms with Gasteiger partial charge in [-0.15, -0.1) is 0 Å². The molecule has 1 heterocycles. The molecular formula is C22H18Cl2O. The Bertz CT molecular complexity index is 1080. The van der Waals surface area contributed by atoms with Crippen LogP contribution in [0.15, 0.2) is 59.0 Å². The van der Waals surface area contributed by atoms with Crippen LogP contribution in [0.2, 0.25) is 10.0 Å². The fourth-order valence-electron chi connectivity index (χ4n) is 3.27. The highest BCUT2D eigenvalue weighted by molar-refractivity contribution is 6.35. The van der Waals surface area contributed by atoms with Gasteiger partial charge in [-0.3, -0.25) is 0 Å². The molecule has 0 radical (unpaired) electrons. The van der Waals surface area contributed by atoms with E-state index in [0.717, 1.165) is 33.1 Å². The van der Waals surface area contributed by atoms with Crippen molar-refractivity contribution in [2.45, 2.75) is 26.2 Å². The van der Waals surface area contributed by atoms with E-state index in [1.54, 1.807) is 6.07 Å². The fourth-order valence-corrected chi connectivity index (χ4v) is 3.80. The van der Waals surface area contributed by atoms with E-state index in [1.807, 2.05) is 30.3 Å². The van der Waals surface area contributed by atoms with Gasteiger partial charge in [0.2, 0.25) is 0 Å². The maximum absolute atomic E-state index is 6.22. The summed E-state index contributed by atoms with van der Waals surface area (Å²) in [6.07, 6.45) is 0. The zero-order valence-electron chi connectivity index (χ0n) is 14.4. The number of hydrogen-bond donors (Lipinski definition) is 0. The second-order valence-electron chi connectivity index (χ2n) is 7.41. The Kier molecular flexibility index (Phi) is 3.82. The van der Waals surface area contributed by atoms with Crippen molar-refractivity contribution in [1.29, 1.82) is 0 Å². The summed E-state index contributed by atoms with van der Waals surface area (Å²) in [5.41, 5.74) is 5.08. The third-order valence-electron chi connectivity index (χ3n) is 4.48. The minimum atomic E-state index is -0.0511. The average Bonchev–Trinajstić information content (AvgIpc) is 2.90. The second kappa shape index (κ2) is 5.79. The lowest BCUT2D eigenvalue weighted by Gasteiger charge is -2.20. The van der Waals surface area contributed by atoms with Crippen molar-refractivity contribution in [3.8, 4) is 11.1 Å². The molecule has 0 unspecified atom stereocenters. The molecule has 0 spiro atoms. The van der Waals surface area contributed by atoms with Crippen molar-refractivity contribution in [1.82, 2.24) is 0 Å². The topological polar surface area (TPSA) is 13.1 Å². The second-order valence-corrected chi connectivity index (χ2v) is 8.28. The van der Waals surface area contributed by atoms with Crippen LogP contribution in [-0.2, 0) is 5.41 Å². The summed E-state index contributed by atoms with van der Waals surface area (Å²) in [6.45, 7) is 6.59. The summed E-state index contributed by atoms with van der Waals surface area (Å²) >= 11 is 12.4. The Balaban J connectivity index is 2.11. The van der Waals surface area contributed by atoms with Crippen LogP contribution < -0.4 is 0 Å². The lowest BCUT2D eigenvalue weighted by molar-refractivity contribution is 0.573. The number of para-hydroxylation sites is 1. The molecule has 1 aromatic heterocycles. The van der Waals surface area contributed by atoms with Gasteiger partial charge >= 0.3 is 0 Å². The molecule has 0 N–H and O–H groups in total. The molecule has 4 aromatic rings. The van der Waals surface area contributed by atoms with Crippen molar-refractivity contribution >= 4 is 45.1 Å². The van der Waals surface area contributed by atoms with E-state index in [0.29, 0.717) is 10.0 Å². The molecule has 3 aromatic carbocycles. The molecule has 126 valence electrons. The van der Waals surface area contributed by atoms with Crippen LogP contribution in [-0.4, -0.2) is 0 Å². The summed E-state index contributed by atoms with van der Waals surface area (Å²) in [7, 11) is 0. The van der Waals surface area contributed by atoms with Crippen LogP contribution in [0.4, 0.5) is 0 Å². The molecule has 0 aliphatic carbocycles. The highest BCUT2D eigenvalue weighted by Crippen LogP contribution is 2.40. The molecule has 0 saturated heterocycles. The van der Waals surface area contributed by atoms with Crippen LogP contribution in [0.1, 0.15) is 26.3 Å². The van der Waals surface area contributed by atoms with Crippen LogP contribution >= 0.6 is 23.2 Å². The summed E-state index contributed by atoms with van der Waals surface area (Å²) < 4.78 is 6.20. The number of furan rings is 1. The standard InChI is InChI=1S/C22H18Cl2O/c1-22(2,3)19-11-14(13-8-15(23)12-16(24)9-13)10-18-17-6-4-5-7-20(17)25-21(18)19/h4-12H,1-3H3. The van der Waals surface area contributed by atoms with Crippen molar-refractivity contribution in [2.75, 3.05) is 0 Å². The van der Waals surface area contributed by atoms with Crippen LogP contribution in [0, 0.1) is 0 Å². The van der Waals surface area contributed by atoms with Crippen molar-refractivity contribution in [3.05, 3.63) is 70.2 Å². The third-order valence-corrected chi connectivity index (χ3v) is 4.92. The van der Waals surface area contributed by atoms with Gasteiger partial charge in [0, 0.05) is 26.4 Å². The zero-order valence-corrected chi connectivity index (χ0v) is 15.9. The Morgan fingerprint density at radius 3 is 2.08 bits per heavy atom. The summed E-state index contributed by atoms with van der Waals surface area (Å²) in [5, 5.41) is 3.51. The zero-order chi connectivity index (χ0) is 17.8. The molecule has 1 nitrogen and oxygen atoms in total. The van der Waals surface area contributed by atoms with Crippen LogP contribution in [0.3, 0.4) is 0 Å². The van der Waals surface area contributed by atoms with Crippen molar-refractivity contribution < 1.29 is 4.42 Å². The Hall–Kier alpha value is -1.96. The van der Waals surface area contributed by atoms with E-state index >= 15 is 0 Å². The van der Waals surface area contributed by atoms with Gasteiger partial charge in [0.1, 0.15) is 11.2 Å². The minimum Gasteiger partial charge on any atom is -0.456 e. The first-order valence-electron chi connectivity index (χ1n) is 8.25. The maximum Gasteiger partial charge on any atom is 0.139 e. The Labute approximate surface area is 157 Å². The van der Waals surface area contributed by atoms with Gasteiger partial charge < -0.3 is 4.42 Å². The lowest BCUT2D eigenvalue weighted by atomic mass is 9.84. The molecule has 0 amide bonds. The maximum atomic E-state index is 6.22. The van der Waals surface area contributed by atoms with Gasteiger partial charge in [0.15, 0.2) is 0 Å². The van der Waals surface area contributed by atoms with E-state index in [9.17, 15) is 0 Å². The summed E-state index contributed by atoms with van der Waals surface area (Å²) in [5.74, 6) is 0. The van der Waals surface area contributed by atoms with E-state index < -0.39 is 0 Å². The van der Waals surface area contributed by atoms with E-state index in [-0.39, 0.29) is 5.41 Å². The smallest absolute Gasteiger partial charge is 0.139 e. The molecule has 3 heteroatoms. The predicted octanol–water partition coefficient (Wildman–Crippen LogP) is 7.86. The number of benzene rings is 3. The van der Waals surface area contributed by atoms with Gasteiger partial charge in [-0.05, 0) is 52.9 Å². The molecule has 0 aliphatic heterocycles.